The molecule has 0 saturated carbocycles. The number of ether oxygens (including phenoxy) is 7. The number of rotatable bonds is 12. The molecule has 0 unspecified atom stereocenters. The predicted molar refractivity (Wildman–Crippen MR) is 125 cm³/mol. The summed E-state index contributed by atoms with van der Waals surface area (Å²) in [6, 6.07) is 10.1. The Hall–Kier alpha value is -3.98. The van der Waals surface area contributed by atoms with Gasteiger partial charge in [-0.05, 0) is 54.5 Å². The van der Waals surface area contributed by atoms with Gasteiger partial charge in [0.1, 0.15) is 0 Å². The zero-order chi connectivity index (χ0) is 24.9. The van der Waals surface area contributed by atoms with E-state index in [9.17, 15) is 9.59 Å². The number of esters is 2. The van der Waals surface area contributed by atoms with Crippen LogP contribution in [0.25, 0.3) is 12.2 Å². The van der Waals surface area contributed by atoms with Crippen molar-refractivity contribution in [3.63, 3.8) is 0 Å². The second kappa shape index (κ2) is 13.5. The van der Waals surface area contributed by atoms with Crippen LogP contribution in [0.4, 0.5) is 0 Å². The van der Waals surface area contributed by atoms with E-state index in [4.69, 9.17) is 33.2 Å². The summed E-state index contributed by atoms with van der Waals surface area (Å²) in [5.41, 5.74) is 1.28. The number of benzene rings is 2. The first-order valence-corrected chi connectivity index (χ1v) is 10.3. The van der Waals surface area contributed by atoms with E-state index < -0.39 is 11.9 Å². The van der Waals surface area contributed by atoms with Crippen LogP contribution >= 0.6 is 0 Å². The van der Waals surface area contributed by atoms with Crippen molar-refractivity contribution in [3.05, 3.63) is 59.4 Å². The van der Waals surface area contributed by atoms with Gasteiger partial charge in [-0.2, -0.15) is 0 Å². The average Bonchev–Trinajstić information content (AvgIpc) is 2.86. The molecule has 0 spiro atoms. The summed E-state index contributed by atoms with van der Waals surface area (Å²) in [6.07, 6.45) is 4.40. The summed E-state index contributed by atoms with van der Waals surface area (Å²) >= 11 is 0. The molecule has 0 saturated heterocycles. The van der Waals surface area contributed by atoms with E-state index in [1.165, 1.54) is 40.6 Å². The largest absolute Gasteiger partial charge is 0.493 e. The fraction of sp³-hybridized carbons (Fsp3) is 0.280. The van der Waals surface area contributed by atoms with Gasteiger partial charge in [0.05, 0.1) is 27.9 Å². The number of hydrogen-bond donors (Lipinski definition) is 0. The Morgan fingerprint density at radius 3 is 2.15 bits per heavy atom. The highest BCUT2D eigenvalue weighted by molar-refractivity contribution is 5.92. The summed E-state index contributed by atoms with van der Waals surface area (Å²) in [4.78, 5) is 23.9. The molecular formula is C25H28O9. The van der Waals surface area contributed by atoms with Crippen molar-refractivity contribution in [2.75, 3.05) is 41.8 Å². The van der Waals surface area contributed by atoms with Crippen LogP contribution < -0.4 is 18.9 Å². The lowest BCUT2D eigenvalue weighted by Gasteiger charge is -2.13. The first kappa shape index (κ1) is 26.3. The lowest BCUT2D eigenvalue weighted by molar-refractivity contribution is -0.138. The van der Waals surface area contributed by atoms with Crippen LogP contribution in [0.15, 0.2) is 48.2 Å². The van der Waals surface area contributed by atoms with Crippen molar-refractivity contribution < 1.29 is 42.7 Å². The van der Waals surface area contributed by atoms with E-state index in [0.717, 1.165) is 0 Å². The van der Waals surface area contributed by atoms with Gasteiger partial charge in [0.2, 0.25) is 5.76 Å². The second-order valence-electron chi connectivity index (χ2n) is 6.56. The van der Waals surface area contributed by atoms with Crippen LogP contribution in [0.2, 0.25) is 0 Å². The lowest BCUT2D eigenvalue weighted by Crippen LogP contribution is -2.11. The fourth-order valence-corrected chi connectivity index (χ4v) is 2.74. The molecule has 182 valence electrons. The quantitative estimate of drug-likeness (QED) is 0.197. The van der Waals surface area contributed by atoms with Crippen LogP contribution in [-0.2, 0) is 23.8 Å². The highest BCUT2D eigenvalue weighted by Gasteiger charge is 2.17. The Morgan fingerprint density at radius 1 is 0.853 bits per heavy atom. The van der Waals surface area contributed by atoms with E-state index in [0.29, 0.717) is 28.4 Å². The zero-order valence-electron chi connectivity index (χ0n) is 19.8. The molecule has 0 aliphatic carbocycles. The SMILES string of the molecule is CCOC(=O)C=Cc1ccc(OC(=Cc2ccc(OCOC)c(OC)c2)C(=O)OC)c(OC)c1. The van der Waals surface area contributed by atoms with E-state index in [2.05, 4.69) is 0 Å². The smallest absolute Gasteiger partial charge is 0.373 e. The Labute approximate surface area is 198 Å². The van der Waals surface area contributed by atoms with Crippen LogP contribution in [0.5, 0.6) is 23.0 Å². The van der Waals surface area contributed by atoms with E-state index >= 15 is 0 Å². The van der Waals surface area contributed by atoms with Gasteiger partial charge in [-0.1, -0.05) is 12.1 Å². The third kappa shape index (κ3) is 7.56. The number of carbonyl (C=O) groups is 2. The minimum Gasteiger partial charge on any atom is -0.493 e. The molecule has 0 aliphatic heterocycles. The van der Waals surface area contributed by atoms with Gasteiger partial charge in [0.25, 0.3) is 0 Å². The predicted octanol–water partition coefficient (Wildman–Crippen LogP) is 3.86. The first-order valence-electron chi connectivity index (χ1n) is 10.3. The van der Waals surface area contributed by atoms with Gasteiger partial charge in [-0.3, -0.25) is 0 Å². The van der Waals surface area contributed by atoms with Crippen molar-refractivity contribution in [2.45, 2.75) is 6.92 Å². The molecule has 34 heavy (non-hydrogen) atoms. The third-order valence-electron chi connectivity index (χ3n) is 4.31. The van der Waals surface area contributed by atoms with Crippen molar-refractivity contribution in [1.82, 2.24) is 0 Å². The second-order valence-corrected chi connectivity index (χ2v) is 6.56. The lowest BCUT2D eigenvalue weighted by atomic mass is 10.1. The van der Waals surface area contributed by atoms with Crippen LogP contribution in [0.3, 0.4) is 0 Å². The molecule has 9 heteroatoms. The van der Waals surface area contributed by atoms with E-state index in [-0.39, 0.29) is 24.9 Å². The Kier molecular flexibility index (Phi) is 10.5. The van der Waals surface area contributed by atoms with Crippen molar-refractivity contribution in [1.29, 1.82) is 0 Å². The first-order chi connectivity index (χ1) is 16.4. The summed E-state index contributed by atoms with van der Waals surface area (Å²) in [5, 5.41) is 0. The van der Waals surface area contributed by atoms with Gasteiger partial charge in [-0.15, -0.1) is 0 Å². The normalized spacial score (nSPS) is 11.1. The molecular weight excluding hydrogens is 444 g/mol. The molecule has 2 aromatic rings. The Morgan fingerprint density at radius 2 is 1.50 bits per heavy atom. The fourth-order valence-electron chi connectivity index (χ4n) is 2.74. The van der Waals surface area contributed by atoms with Crippen molar-refractivity contribution in [2.24, 2.45) is 0 Å². The standard InChI is InChI=1S/C25H28O9/c1-6-32-24(26)12-9-17-7-11-20(22(13-17)30-4)34-23(25(27)31-5)15-18-8-10-19(33-16-28-2)21(14-18)29-3/h7-15H,6,16H2,1-5H3. The maximum Gasteiger partial charge on any atom is 0.373 e. The molecule has 0 amide bonds. The van der Waals surface area contributed by atoms with Crippen molar-refractivity contribution in [3.8, 4) is 23.0 Å². The number of carbonyl (C=O) groups excluding carboxylic acids is 2. The van der Waals surface area contributed by atoms with Crippen LogP contribution in [-0.4, -0.2) is 53.8 Å². The maximum atomic E-state index is 12.4. The molecule has 0 heterocycles. The molecule has 0 bridgehead atoms. The van der Waals surface area contributed by atoms with E-state index in [1.54, 1.807) is 49.4 Å². The maximum absolute atomic E-state index is 12.4. The molecule has 0 N–H and O–H groups in total. The summed E-state index contributed by atoms with van der Waals surface area (Å²) in [5.74, 6) is 0.337. The van der Waals surface area contributed by atoms with Gasteiger partial charge < -0.3 is 33.2 Å². The van der Waals surface area contributed by atoms with Crippen LogP contribution in [0, 0.1) is 0 Å². The summed E-state index contributed by atoms with van der Waals surface area (Å²) in [6.45, 7) is 2.08. The molecule has 0 radical (unpaired) electrons. The molecule has 9 nitrogen and oxygen atoms in total. The van der Waals surface area contributed by atoms with Gasteiger partial charge in [0, 0.05) is 13.2 Å². The molecule has 0 atom stereocenters. The topological polar surface area (TPSA) is 98.8 Å². The zero-order valence-corrected chi connectivity index (χ0v) is 19.8. The summed E-state index contributed by atoms with van der Waals surface area (Å²) < 4.78 is 36.7. The minimum atomic E-state index is -0.688. The number of hydrogen-bond acceptors (Lipinski definition) is 9. The molecule has 0 fully saturated rings. The highest BCUT2D eigenvalue weighted by Crippen LogP contribution is 2.32. The molecule has 0 aliphatic rings. The minimum absolute atomic E-state index is 0.0623. The molecule has 2 rings (SSSR count). The third-order valence-corrected chi connectivity index (χ3v) is 4.31. The Balaban J connectivity index is 2.34. The van der Waals surface area contributed by atoms with Gasteiger partial charge >= 0.3 is 11.9 Å². The average molecular weight is 472 g/mol. The van der Waals surface area contributed by atoms with Crippen molar-refractivity contribution >= 4 is 24.1 Å². The van der Waals surface area contributed by atoms with Crippen LogP contribution in [0.1, 0.15) is 18.1 Å². The summed E-state index contributed by atoms with van der Waals surface area (Å²) in [7, 11) is 5.73. The van der Waals surface area contributed by atoms with Gasteiger partial charge in [0.15, 0.2) is 29.8 Å². The van der Waals surface area contributed by atoms with E-state index in [1.807, 2.05) is 0 Å². The molecule has 0 aromatic heterocycles. The Bertz CT molecular complexity index is 1040. The number of methoxy groups -OCH3 is 4. The van der Waals surface area contributed by atoms with Gasteiger partial charge in [-0.25, -0.2) is 9.59 Å². The molecule has 2 aromatic carbocycles. The monoisotopic (exact) mass is 472 g/mol. The highest BCUT2D eigenvalue weighted by atomic mass is 16.7.